The molecule has 30 atom stereocenters. The van der Waals surface area contributed by atoms with Gasteiger partial charge in [0.25, 0.3) is 0 Å². The van der Waals surface area contributed by atoms with Gasteiger partial charge in [0.1, 0.15) is 42.7 Å². The molecule has 16 aliphatic rings. The van der Waals surface area contributed by atoms with Crippen molar-refractivity contribution in [2.45, 2.75) is 325 Å². The zero-order chi connectivity index (χ0) is 55.3. The highest BCUT2D eigenvalue weighted by atomic mass is 16.8. The zero-order valence-electron chi connectivity index (χ0n) is 47.5. The first-order chi connectivity index (χ1) is 39.0. The summed E-state index contributed by atoms with van der Waals surface area (Å²) in [6.07, 6.45) is 5.47. The fourth-order valence-corrected chi connectivity index (χ4v) is 18.0. The number of hydrogen-bond donors (Lipinski definition) is 3. The molecule has 12 bridgehead atoms. The van der Waals surface area contributed by atoms with E-state index in [0.29, 0.717) is 70.6 Å². The first-order valence-electron chi connectivity index (χ1n) is 31.5. The Morgan fingerprint density at radius 2 is 1.35 bits per heavy atom. The van der Waals surface area contributed by atoms with Gasteiger partial charge < -0.3 is 91.1 Å². The number of aliphatic hydroxyl groups excluding tert-OH is 2. The summed E-state index contributed by atoms with van der Waals surface area (Å²) >= 11 is 0. The highest BCUT2D eigenvalue weighted by molar-refractivity contribution is 5.70. The lowest BCUT2D eigenvalue weighted by Gasteiger charge is -2.51. The van der Waals surface area contributed by atoms with Crippen molar-refractivity contribution in [2.24, 2.45) is 11.8 Å². The molecular weight excluding hydrogens is 1050 g/mol. The predicted molar refractivity (Wildman–Crippen MR) is 280 cm³/mol. The lowest BCUT2D eigenvalue weighted by molar-refractivity contribution is -0.332. The summed E-state index contributed by atoms with van der Waals surface area (Å²) in [6.45, 7) is 13.1. The van der Waals surface area contributed by atoms with Crippen molar-refractivity contribution in [1.29, 1.82) is 0 Å². The van der Waals surface area contributed by atoms with Gasteiger partial charge in [-0.15, -0.1) is 0 Å². The first-order valence-corrected chi connectivity index (χ1v) is 31.5. The molecule has 2 spiro atoms. The number of hydrogen-bond acceptors (Lipinski definition) is 20. The van der Waals surface area contributed by atoms with Crippen molar-refractivity contribution in [2.75, 3.05) is 13.7 Å². The Balaban J connectivity index is 0.623. The van der Waals surface area contributed by atoms with E-state index < -0.39 is 84.2 Å². The second-order valence-electron chi connectivity index (χ2n) is 27.6. The number of esters is 1. The molecule has 81 heavy (non-hydrogen) atoms. The van der Waals surface area contributed by atoms with Crippen LogP contribution in [0.2, 0.25) is 0 Å². The number of carbonyl (C=O) groups excluding carboxylic acids is 1. The summed E-state index contributed by atoms with van der Waals surface area (Å²) in [5.41, 5.74) is 2.14. The largest absolute Gasteiger partial charge is 0.459 e. The standard InChI is InChI=1S/C61H88O20/c1-29-17-35-8-10-38-30(2)18-34(67-38)7-6-14-60-28-61(65)57(81-60)56-55(80-61)54(79-60)53-39(74-56)11-9-36(69-53)19-51(64)73-46-22-43-44(71-42(46)20-40(68-35)32(29)4)23-48-50(72-43)26-59(77-48)16-13-33(76-59)12-15-58(66-5)25-31(3)52-49(78-58)24-45-47(75-52)21-41(70-45)37(63)27-62/h29,31,33-50,52-57,62-63,65H,2,4,6-28H2,1,3,5H3/t29-,31+,33?,34?,35?,36?,37?,38?,39?,40?,41?,42+,43?,44+,45?,46?,47?,48-,49?,50?,52?,53+,54?,55?,56?,57?,58-,59+,60-,61-/m1/s1. The lowest BCUT2D eigenvalue weighted by atomic mass is 9.82. The van der Waals surface area contributed by atoms with Crippen molar-refractivity contribution < 1.29 is 95.9 Å². The monoisotopic (exact) mass is 1140 g/mol. The molecule has 0 amide bonds. The van der Waals surface area contributed by atoms with Crippen LogP contribution in [0.3, 0.4) is 0 Å². The zero-order valence-corrected chi connectivity index (χ0v) is 47.5. The van der Waals surface area contributed by atoms with Gasteiger partial charge in [-0.1, -0.05) is 27.0 Å². The number of carbonyl (C=O) groups is 1. The fraction of sp³-hybridized carbons (Fsp3) is 0.918. The van der Waals surface area contributed by atoms with Gasteiger partial charge in [0.15, 0.2) is 17.4 Å². The number of rotatable bonds is 6. The van der Waals surface area contributed by atoms with Gasteiger partial charge in [0, 0.05) is 71.3 Å². The lowest BCUT2D eigenvalue weighted by Crippen LogP contribution is -2.62. The van der Waals surface area contributed by atoms with Gasteiger partial charge >= 0.3 is 5.97 Å². The molecule has 452 valence electrons. The third-order valence-electron chi connectivity index (χ3n) is 22.1. The molecule has 20 unspecified atom stereocenters. The Morgan fingerprint density at radius 1 is 0.605 bits per heavy atom. The molecule has 0 aliphatic carbocycles. The summed E-state index contributed by atoms with van der Waals surface area (Å²) in [5.74, 6) is -4.18. The molecule has 0 radical (unpaired) electrons. The van der Waals surface area contributed by atoms with Crippen LogP contribution in [0, 0.1) is 11.8 Å². The van der Waals surface area contributed by atoms with E-state index in [1.807, 2.05) is 0 Å². The van der Waals surface area contributed by atoms with Gasteiger partial charge in [0.05, 0.1) is 123 Å². The summed E-state index contributed by atoms with van der Waals surface area (Å²) in [7, 11) is 1.72. The molecule has 0 aromatic heterocycles. The van der Waals surface area contributed by atoms with Crippen LogP contribution >= 0.6 is 0 Å². The molecule has 0 saturated carbocycles. The maximum Gasteiger partial charge on any atom is 0.308 e. The Kier molecular flexibility index (Phi) is 14.6. The maximum atomic E-state index is 14.4. The van der Waals surface area contributed by atoms with Crippen LogP contribution in [-0.2, 0) is 80.6 Å². The topological polar surface area (TPSA) is 225 Å². The van der Waals surface area contributed by atoms with Crippen molar-refractivity contribution in [3.63, 3.8) is 0 Å². The SMILES string of the molecule is C=C1CC2CCC[C@@]34C[C@@]5(O)OC6C(OC7CCC(CC(=O)OC8CC9OC%10C[C@]%11(CCC(CC[C@]%12(OC)C[C@H](C)C%13OC%14CC(C(O)CO)OC%14CC%13O%12)O%11)O[C@@H]%10C[C@@H]9O[C@H]8CC8OC(CCC1O2)C[C@@H](C)C8=C)O[C@@H]7C6O3)C5O4. The molecule has 16 saturated heterocycles. The average Bonchev–Trinajstić information content (AvgIpc) is 3.65. The van der Waals surface area contributed by atoms with E-state index >= 15 is 0 Å². The van der Waals surface area contributed by atoms with Gasteiger partial charge in [-0.3, -0.25) is 4.79 Å². The minimum absolute atomic E-state index is 0.0181. The molecule has 16 aliphatic heterocycles. The van der Waals surface area contributed by atoms with Crippen LogP contribution in [0.25, 0.3) is 0 Å². The van der Waals surface area contributed by atoms with Crippen molar-refractivity contribution in [1.82, 2.24) is 0 Å². The smallest absolute Gasteiger partial charge is 0.308 e. The molecule has 20 nitrogen and oxygen atoms in total. The minimum atomic E-state index is -1.52. The molecular formula is C61H88O20. The normalized spacial score (nSPS) is 56.0. The van der Waals surface area contributed by atoms with E-state index in [9.17, 15) is 20.1 Å². The maximum absolute atomic E-state index is 14.4. The van der Waals surface area contributed by atoms with E-state index in [-0.39, 0.29) is 123 Å². The summed E-state index contributed by atoms with van der Waals surface area (Å²) in [5, 5.41) is 31.8. The summed E-state index contributed by atoms with van der Waals surface area (Å²) in [4.78, 5) is 14.4. The van der Waals surface area contributed by atoms with E-state index in [1.165, 1.54) is 0 Å². The van der Waals surface area contributed by atoms with Gasteiger partial charge in [-0.25, -0.2) is 0 Å². The van der Waals surface area contributed by atoms with Crippen molar-refractivity contribution in [3.05, 3.63) is 24.3 Å². The van der Waals surface area contributed by atoms with Crippen LogP contribution in [0.5, 0.6) is 0 Å². The third kappa shape index (κ3) is 10.1. The Bertz CT molecular complexity index is 2380. The van der Waals surface area contributed by atoms with Crippen LogP contribution in [0.15, 0.2) is 24.3 Å². The molecule has 3 N–H and O–H groups in total. The Hall–Kier alpha value is -1.77. The predicted octanol–water partition coefficient (Wildman–Crippen LogP) is 5.19. The molecule has 16 rings (SSSR count). The van der Waals surface area contributed by atoms with E-state index in [2.05, 4.69) is 27.0 Å². The van der Waals surface area contributed by atoms with Gasteiger partial charge in [0.2, 0.25) is 5.79 Å². The highest BCUT2D eigenvalue weighted by Gasteiger charge is 2.74. The molecule has 20 heteroatoms. The quantitative estimate of drug-likeness (QED) is 0.230. The van der Waals surface area contributed by atoms with Crippen LogP contribution in [0.1, 0.15) is 155 Å². The Labute approximate surface area is 475 Å². The summed E-state index contributed by atoms with van der Waals surface area (Å²) in [6, 6.07) is 0. The van der Waals surface area contributed by atoms with Crippen molar-refractivity contribution >= 4 is 5.97 Å². The molecule has 16 heterocycles. The number of methoxy groups -OCH3 is 1. The minimum Gasteiger partial charge on any atom is -0.459 e. The second kappa shape index (κ2) is 21.2. The summed E-state index contributed by atoms with van der Waals surface area (Å²) < 4.78 is 108. The third-order valence-corrected chi connectivity index (χ3v) is 22.1. The van der Waals surface area contributed by atoms with Crippen molar-refractivity contribution in [3.8, 4) is 0 Å². The van der Waals surface area contributed by atoms with Crippen LogP contribution in [-0.4, -0.2) is 205 Å². The Morgan fingerprint density at radius 3 is 2.20 bits per heavy atom. The fourth-order valence-electron chi connectivity index (χ4n) is 18.0. The molecule has 0 aromatic rings. The number of fused-ring (bicyclic) bond motifs is 10. The van der Waals surface area contributed by atoms with Gasteiger partial charge in [-0.05, 0) is 87.2 Å². The van der Waals surface area contributed by atoms with E-state index in [4.69, 9.17) is 75.8 Å². The van der Waals surface area contributed by atoms with E-state index in [0.717, 1.165) is 68.9 Å². The number of ether oxygens (including phenoxy) is 16. The van der Waals surface area contributed by atoms with Gasteiger partial charge in [-0.2, -0.15) is 0 Å². The molecule has 0 aromatic carbocycles. The molecule has 16 fully saturated rings. The first kappa shape index (κ1) is 55.8. The van der Waals surface area contributed by atoms with Crippen LogP contribution in [0.4, 0.5) is 0 Å². The average molecular weight is 1140 g/mol. The second-order valence-corrected chi connectivity index (χ2v) is 27.6. The van der Waals surface area contributed by atoms with Crippen LogP contribution < -0.4 is 0 Å². The highest BCUT2D eigenvalue weighted by Crippen LogP contribution is 2.58. The number of aliphatic hydroxyl groups is 3. The van der Waals surface area contributed by atoms with E-state index in [1.54, 1.807) is 7.11 Å².